The molecule has 0 radical (unpaired) electrons. The molecule has 1 aromatic rings. The molecule has 0 saturated carbocycles. The molecule has 2 rings (SSSR count). The SMILES string of the molecule is CCC(C)N1CCN(c2ccc(CNC)c(Br)c2)CC1. The van der Waals surface area contributed by atoms with Crippen LogP contribution in [-0.2, 0) is 6.54 Å². The molecule has 112 valence electrons. The summed E-state index contributed by atoms with van der Waals surface area (Å²) in [6.07, 6.45) is 1.24. The van der Waals surface area contributed by atoms with Crippen LogP contribution < -0.4 is 10.2 Å². The summed E-state index contributed by atoms with van der Waals surface area (Å²) in [5, 5.41) is 3.20. The minimum atomic E-state index is 0.710. The topological polar surface area (TPSA) is 18.5 Å². The third-order valence-electron chi connectivity index (χ3n) is 4.30. The maximum atomic E-state index is 3.68. The van der Waals surface area contributed by atoms with Gasteiger partial charge in [-0.1, -0.05) is 28.9 Å². The smallest absolute Gasteiger partial charge is 0.0378 e. The van der Waals surface area contributed by atoms with Gasteiger partial charge in [-0.2, -0.15) is 0 Å². The van der Waals surface area contributed by atoms with E-state index in [1.165, 1.54) is 35.2 Å². The molecule has 1 aliphatic heterocycles. The average molecular weight is 340 g/mol. The fraction of sp³-hybridized carbons (Fsp3) is 0.625. The quantitative estimate of drug-likeness (QED) is 0.889. The van der Waals surface area contributed by atoms with Crippen LogP contribution in [0.2, 0.25) is 0 Å². The molecule has 1 aromatic carbocycles. The molecule has 0 amide bonds. The highest BCUT2D eigenvalue weighted by molar-refractivity contribution is 9.10. The predicted molar refractivity (Wildman–Crippen MR) is 90.4 cm³/mol. The summed E-state index contributed by atoms with van der Waals surface area (Å²) in [5.41, 5.74) is 2.65. The van der Waals surface area contributed by atoms with Crippen LogP contribution in [0.5, 0.6) is 0 Å². The number of benzene rings is 1. The Bertz CT molecular complexity index is 428. The molecule has 3 nitrogen and oxygen atoms in total. The van der Waals surface area contributed by atoms with Crippen molar-refractivity contribution in [3.63, 3.8) is 0 Å². The third-order valence-corrected chi connectivity index (χ3v) is 5.04. The first-order chi connectivity index (χ1) is 9.65. The van der Waals surface area contributed by atoms with Crippen molar-refractivity contribution in [2.45, 2.75) is 32.9 Å². The molecule has 1 N–H and O–H groups in total. The third kappa shape index (κ3) is 3.74. The Morgan fingerprint density at radius 1 is 1.25 bits per heavy atom. The van der Waals surface area contributed by atoms with Gasteiger partial charge in [0.25, 0.3) is 0 Å². The number of halogens is 1. The van der Waals surface area contributed by atoms with Gasteiger partial charge in [-0.3, -0.25) is 4.90 Å². The van der Waals surface area contributed by atoms with Crippen molar-refractivity contribution in [2.24, 2.45) is 0 Å². The van der Waals surface area contributed by atoms with Gasteiger partial charge < -0.3 is 10.2 Å². The van der Waals surface area contributed by atoms with Gasteiger partial charge in [0, 0.05) is 48.9 Å². The van der Waals surface area contributed by atoms with Crippen LogP contribution in [0.3, 0.4) is 0 Å². The summed E-state index contributed by atoms with van der Waals surface area (Å²) in [6.45, 7) is 10.1. The van der Waals surface area contributed by atoms with Crippen molar-refractivity contribution >= 4 is 21.6 Å². The van der Waals surface area contributed by atoms with Crippen LogP contribution in [0.4, 0.5) is 5.69 Å². The first-order valence-corrected chi connectivity index (χ1v) is 8.37. The Hall–Kier alpha value is -0.580. The van der Waals surface area contributed by atoms with E-state index < -0.39 is 0 Å². The summed E-state index contributed by atoms with van der Waals surface area (Å²) in [5.74, 6) is 0. The molecule has 0 spiro atoms. The summed E-state index contributed by atoms with van der Waals surface area (Å²) in [7, 11) is 1.98. The van der Waals surface area contributed by atoms with Crippen molar-refractivity contribution < 1.29 is 0 Å². The lowest BCUT2D eigenvalue weighted by Gasteiger charge is -2.39. The number of nitrogens with one attached hydrogen (secondary N) is 1. The number of rotatable bonds is 5. The van der Waals surface area contributed by atoms with E-state index in [2.05, 4.69) is 63.1 Å². The molecular weight excluding hydrogens is 314 g/mol. The summed E-state index contributed by atoms with van der Waals surface area (Å²) in [6, 6.07) is 7.43. The Morgan fingerprint density at radius 3 is 2.50 bits per heavy atom. The molecule has 1 aliphatic rings. The van der Waals surface area contributed by atoms with Gasteiger partial charge in [0.05, 0.1) is 0 Å². The van der Waals surface area contributed by atoms with E-state index in [-0.39, 0.29) is 0 Å². The van der Waals surface area contributed by atoms with Crippen molar-refractivity contribution in [1.82, 2.24) is 10.2 Å². The lowest BCUT2D eigenvalue weighted by Crippen LogP contribution is -2.49. The maximum Gasteiger partial charge on any atom is 0.0378 e. The zero-order valence-electron chi connectivity index (χ0n) is 12.8. The first-order valence-electron chi connectivity index (χ1n) is 7.57. The van der Waals surface area contributed by atoms with Crippen molar-refractivity contribution in [1.29, 1.82) is 0 Å². The highest BCUT2D eigenvalue weighted by Gasteiger charge is 2.20. The zero-order valence-corrected chi connectivity index (χ0v) is 14.4. The predicted octanol–water partition coefficient (Wildman–Crippen LogP) is 3.09. The fourth-order valence-electron chi connectivity index (χ4n) is 2.75. The molecule has 0 aromatic heterocycles. The van der Waals surface area contributed by atoms with Crippen LogP contribution in [0, 0.1) is 0 Å². The van der Waals surface area contributed by atoms with E-state index in [9.17, 15) is 0 Å². The highest BCUT2D eigenvalue weighted by Crippen LogP contribution is 2.25. The lowest BCUT2D eigenvalue weighted by atomic mass is 10.1. The van der Waals surface area contributed by atoms with E-state index in [0.717, 1.165) is 19.6 Å². The summed E-state index contributed by atoms with van der Waals surface area (Å²) < 4.78 is 1.20. The van der Waals surface area contributed by atoms with Crippen LogP contribution in [-0.4, -0.2) is 44.2 Å². The number of piperazine rings is 1. The second kappa shape index (κ2) is 7.43. The molecule has 0 bridgehead atoms. The normalized spacial score (nSPS) is 18.3. The summed E-state index contributed by atoms with van der Waals surface area (Å²) >= 11 is 3.68. The first kappa shape index (κ1) is 15.8. The molecule has 1 unspecified atom stereocenters. The summed E-state index contributed by atoms with van der Waals surface area (Å²) in [4.78, 5) is 5.09. The lowest BCUT2D eigenvalue weighted by molar-refractivity contribution is 0.193. The standard InChI is InChI=1S/C16H26BrN3/c1-4-13(2)19-7-9-20(10-8-19)15-6-5-14(12-18-3)16(17)11-15/h5-6,11,13,18H,4,7-10,12H2,1-3H3. The number of nitrogens with zero attached hydrogens (tertiary/aromatic N) is 2. The molecule has 1 fully saturated rings. The van der Waals surface area contributed by atoms with Crippen molar-refractivity contribution in [3.8, 4) is 0 Å². The number of hydrogen-bond acceptors (Lipinski definition) is 3. The molecule has 4 heteroatoms. The number of hydrogen-bond donors (Lipinski definition) is 1. The molecule has 20 heavy (non-hydrogen) atoms. The van der Waals surface area contributed by atoms with Crippen LogP contribution in [0.15, 0.2) is 22.7 Å². The van der Waals surface area contributed by atoms with Gasteiger partial charge >= 0.3 is 0 Å². The van der Waals surface area contributed by atoms with Crippen LogP contribution >= 0.6 is 15.9 Å². The molecule has 1 saturated heterocycles. The molecule has 0 aliphatic carbocycles. The minimum Gasteiger partial charge on any atom is -0.369 e. The maximum absolute atomic E-state index is 3.68. The van der Waals surface area contributed by atoms with Crippen molar-refractivity contribution in [3.05, 3.63) is 28.2 Å². The van der Waals surface area contributed by atoms with E-state index in [1.54, 1.807) is 0 Å². The van der Waals surface area contributed by atoms with E-state index >= 15 is 0 Å². The highest BCUT2D eigenvalue weighted by atomic mass is 79.9. The largest absolute Gasteiger partial charge is 0.369 e. The second-order valence-electron chi connectivity index (χ2n) is 5.59. The van der Waals surface area contributed by atoms with E-state index in [4.69, 9.17) is 0 Å². The van der Waals surface area contributed by atoms with E-state index in [0.29, 0.717) is 6.04 Å². The Morgan fingerprint density at radius 2 is 1.95 bits per heavy atom. The van der Waals surface area contributed by atoms with Crippen LogP contribution in [0.1, 0.15) is 25.8 Å². The van der Waals surface area contributed by atoms with E-state index in [1.807, 2.05) is 7.05 Å². The monoisotopic (exact) mass is 339 g/mol. The van der Waals surface area contributed by atoms with Crippen molar-refractivity contribution in [2.75, 3.05) is 38.1 Å². The van der Waals surface area contributed by atoms with Crippen LogP contribution in [0.25, 0.3) is 0 Å². The Labute approximate surface area is 131 Å². The zero-order chi connectivity index (χ0) is 14.5. The second-order valence-corrected chi connectivity index (χ2v) is 6.44. The Kier molecular flexibility index (Phi) is 5.87. The molecular formula is C16H26BrN3. The van der Waals surface area contributed by atoms with Gasteiger partial charge in [-0.25, -0.2) is 0 Å². The Balaban J connectivity index is 1.98. The van der Waals surface area contributed by atoms with Gasteiger partial charge in [0.15, 0.2) is 0 Å². The average Bonchev–Trinajstić information content (AvgIpc) is 2.49. The van der Waals surface area contributed by atoms with Gasteiger partial charge in [-0.05, 0) is 38.1 Å². The van der Waals surface area contributed by atoms with Gasteiger partial charge in [0.2, 0.25) is 0 Å². The number of anilines is 1. The van der Waals surface area contributed by atoms with Gasteiger partial charge in [-0.15, -0.1) is 0 Å². The molecule has 1 heterocycles. The minimum absolute atomic E-state index is 0.710. The fourth-order valence-corrected chi connectivity index (χ4v) is 3.25. The van der Waals surface area contributed by atoms with Gasteiger partial charge in [0.1, 0.15) is 0 Å². The molecule has 1 atom stereocenters.